The number of ether oxygens (including phenoxy) is 1. The molecule has 8 heteroatoms. The van der Waals surface area contributed by atoms with Crippen molar-refractivity contribution in [3.63, 3.8) is 0 Å². The van der Waals surface area contributed by atoms with Crippen molar-refractivity contribution in [2.24, 2.45) is 5.41 Å². The summed E-state index contributed by atoms with van der Waals surface area (Å²) >= 11 is 4.90. The summed E-state index contributed by atoms with van der Waals surface area (Å²) in [4.78, 5) is 31.9. The van der Waals surface area contributed by atoms with Gasteiger partial charge >= 0.3 is 0 Å². The monoisotopic (exact) mass is 551 g/mol. The average molecular weight is 552 g/mol. The Bertz CT molecular complexity index is 1440. The van der Waals surface area contributed by atoms with Gasteiger partial charge in [-0.2, -0.15) is 0 Å². The predicted molar refractivity (Wildman–Crippen MR) is 143 cm³/mol. The molecule has 180 valence electrons. The number of halogens is 1. The Balaban J connectivity index is 1.60. The minimum absolute atomic E-state index is 0.0577. The van der Waals surface area contributed by atoms with Gasteiger partial charge in [0.1, 0.15) is 5.75 Å². The Kier molecular flexibility index (Phi) is 6.05. The number of amides is 1. The number of Topliss-reactive ketones (excluding diaryl/α,β-unsaturated/α-hetero) is 1. The number of nitrogens with zero attached hydrogens (tertiary/aromatic N) is 1. The number of para-hydroxylation sites is 1. The van der Waals surface area contributed by atoms with Crippen LogP contribution in [-0.4, -0.2) is 23.8 Å². The van der Waals surface area contributed by atoms with Crippen molar-refractivity contribution >= 4 is 54.3 Å². The maximum absolute atomic E-state index is 13.8. The lowest BCUT2D eigenvalue weighted by molar-refractivity contribution is -0.118. The Labute approximate surface area is 216 Å². The van der Waals surface area contributed by atoms with Crippen LogP contribution in [0.3, 0.4) is 0 Å². The molecule has 0 radical (unpaired) electrons. The van der Waals surface area contributed by atoms with Crippen LogP contribution in [0.5, 0.6) is 5.75 Å². The molecular formula is C27H26BrN3O3S. The van der Waals surface area contributed by atoms with Crippen LogP contribution in [0.1, 0.15) is 45.1 Å². The zero-order valence-electron chi connectivity index (χ0n) is 20.0. The zero-order valence-corrected chi connectivity index (χ0v) is 22.4. The van der Waals surface area contributed by atoms with Gasteiger partial charge in [0.15, 0.2) is 10.9 Å². The van der Waals surface area contributed by atoms with Crippen LogP contribution in [0.2, 0.25) is 0 Å². The van der Waals surface area contributed by atoms with Gasteiger partial charge in [-0.3, -0.25) is 14.9 Å². The first-order chi connectivity index (χ1) is 16.7. The molecule has 3 aromatic rings. The fourth-order valence-corrected chi connectivity index (χ4v) is 6.48. The fourth-order valence-electron chi connectivity index (χ4n) is 5.07. The number of dihydropyridines is 1. The Morgan fingerprint density at radius 2 is 2.00 bits per heavy atom. The van der Waals surface area contributed by atoms with Crippen molar-refractivity contribution in [2.75, 3.05) is 12.4 Å². The molecule has 1 aromatic heterocycles. The molecule has 2 N–H and O–H groups in total. The van der Waals surface area contributed by atoms with Gasteiger partial charge in [0.05, 0.1) is 23.2 Å². The van der Waals surface area contributed by atoms with Crippen LogP contribution in [0, 0.1) is 5.41 Å². The lowest BCUT2D eigenvalue weighted by Gasteiger charge is -2.39. The number of nitrogens with one attached hydrogen (secondary N) is 2. The lowest BCUT2D eigenvalue weighted by atomic mass is 9.68. The fraction of sp³-hybridized carbons (Fsp3) is 0.296. The van der Waals surface area contributed by atoms with E-state index >= 15 is 0 Å². The molecule has 2 heterocycles. The molecule has 2 aromatic carbocycles. The Morgan fingerprint density at radius 1 is 1.23 bits per heavy atom. The highest BCUT2D eigenvalue weighted by Crippen LogP contribution is 2.48. The molecule has 1 aliphatic heterocycles. The minimum Gasteiger partial charge on any atom is -0.496 e. The first-order valence-corrected chi connectivity index (χ1v) is 13.0. The molecule has 6 nitrogen and oxygen atoms in total. The lowest BCUT2D eigenvalue weighted by Crippen LogP contribution is -2.39. The normalized spacial score (nSPS) is 19.5. The van der Waals surface area contributed by atoms with E-state index in [0.717, 1.165) is 38.1 Å². The van der Waals surface area contributed by atoms with Crippen LogP contribution in [0.25, 0.3) is 10.2 Å². The quantitative estimate of drug-likeness (QED) is 0.397. The first-order valence-electron chi connectivity index (χ1n) is 11.4. The van der Waals surface area contributed by atoms with Gasteiger partial charge in [-0.15, -0.1) is 0 Å². The van der Waals surface area contributed by atoms with E-state index in [2.05, 4.69) is 45.4 Å². The van der Waals surface area contributed by atoms with Crippen LogP contribution < -0.4 is 15.4 Å². The summed E-state index contributed by atoms with van der Waals surface area (Å²) in [5, 5.41) is 6.91. The molecule has 5 rings (SSSR count). The predicted octanol–water partition coefficient (Wildman–Crippen LogP) is 6.31. The number of aromatic nitrogens is 1. The topological polar surface area (TPSA) is 80.3 Å². The number of rotatable bonds is 4. The molecule has 35 heavy (non-hydrogen) atoms. The van der Waals surface area contributed by atoms with Gasteiger partial charge in [0.2, 0.25) is 0 Å². The molecule has 0 bridgehead atoms. The van der Waals surface area contributed by atoms with E-state index in [1.165, 1.54) is 11.3 Å². The second kappa shape index (κ2) is 8.91. The van der Waals surface area contributed by atoms with Crippen molar-refractivity contribution in [1.29, 1.82) is 0 Å². The third-order valence-corrected chi connectivity index (χ3v) is 7.93. The van der Waals surface area contributed by atoms with E-state index in [-0.39, 0.29) is 17.1 Å². The minimum atomic E-state index is -0.533. The van der Waals surface area contributed by atoms with Gasteiger partial charge in [-0.1, -0.05) is 59.3 Å². The van der Waals surface area contributed by atoms with Crippen molar-refractivity contribution in [3.05, 3.63) is 75.0 Å². The molecule has 0 unspecified atom stereocenters. The molecular weight excluding hydrogens is 526 g/mol. The number of benzene rings is 2. The number of anilines is 1. The van der Waals surface area contributed by atoms with Crippen molar-refractivity contribution in [2.45, 2.75) is 39.5 Å². The third kappa shape index (κ3) is 4.41. The first kappa shape index (κ1) is 23.8. The second-order valence-corrected chi connectivity index (χ2v) is 11.7. The van der Waals surface area contributed by atoms with Gasteiger partial charge in [-0.25, -0.2) is 4.98 Å². The molecule has 0 saturated carbocycles. The highest BCUT2D eigenvalue weighted by Gasteiger charge is 2.43. The van der Waals surface area contributed by atoms with Crippen molar-refractivity contribution in [3.8, 4) is 5.75 Å². The van der Waals surface area contributed by atoms with Gasteiger partial charge < -0.3 is 10.1 Å². The van der Waals surface area contributed by atoms with E-state index in [1.54, 1.807) is 7.11 Å². The molecule has 1 atom stereocenters. The number of hydrogen-bond donors (Lipinski definition) is 2. The number of ketones is 1. The number of hydrogen-bond acceptors (Lipinski definition) is 6. The number of thiazole rings is 1. The van der Waals surface area contributed by atoms with Crippen LogP contribution in [0.15, 0.2) is 69.5 Å². The van der Waals surface area contributed by atoms with Crippen LogP contribution in [-0.2, 0) is 9.59 Å². The average Bonchev–Trinajstić information content (AvgIpc) is 3.18. The van der Waals surface area contributed by atoms with E-state index in [1.807, 2.05) is 49.4 Å². The maximum Gasteiger partial charge on any atom is 0.256 e. The number of methoxy groups -OCH3 is 1. The van der Waals surface area contributed by atoms with Gasteiger partial charge in [-0.05, 0) is 43.0 Å². The van der Waals surface area contributed by atoms with E-state index in [4.69, 9.17) is 4.74 Å². The summed E-state index contributed by atoms with van der Waals surface area (Å²) in [5.41, 5.74) is 4.24. The molecule has 1 amide bonds. The highest BCUT2D eigenvalue weighted by atomic mass is 79.9. The Morgan fingerprint density at radius 3 is 2.77 bits per heavy atom. The molecule has 1 aliphatic carbocycles. The molecule has 0 spiro atoms. The molecule has 2 aliphatic rings. The molecule has 0 fully saturated rings. The smallest absolute Gasteiger partial charge is 0.256 e. The number of carbonyl (C=O) groups is 2. The Hall–Kier alpha value is -2.97. The summed E-state index contributed by atoms with van der Waals surface area (Å²) in [5.74, 6) is -0.114. The second-order valence-electron chi connectivity index (χ2n) is 9.76. The zero-order chi connectivity index (χ0) is 24.9. The number of carbonyl (C=O) groups excluding carboxylic acids is 2. The summed E-state index contributed by atoms with van der Waals surface area (Å²) in [6.07, 6.45) is 1.17. The summed E-state index contributed by atoms with van der Waals surface area (Å²) in [6.45, 7) is 6.09. The summed E-state index contributed by atoms with van der Waals surface area (Å²) in [7, 11) is 1.61. The van der Waals surface area contributed by atoms with Crippen LogP contribution in [0.4, 0.5) is 5.13 Å². The van der Waals surface area contributed by atoms with Crippen LogP contribution >= 0.6 is 27.3 Å². The third-order valence-electron chi connectivity index (χ3n) is 6.51. The standard InChI is InChI=1S/C27H26BrN3O3S/c1-14-22(25(33)31-26-30-17-10-9-15(28)11-21(17)35-26)23(16-7-5-6-8-20(16)34-4)24-18(29-14)12-27(2,3)13-19(24)32/h5-11,23,29H,12-13H2,1-4H3,(H,30,31,33)/t23-/m0/s1. The van der Waals surface area contributed by atoms with Gasteiger partial charge in [0.25, 0.3) is 5.91 Å². The maximum atomic E-state index is 13.8. The number of allylic oxidation sites excluding steroid dienone is 3. The molecule has 0 saturated heterocycles. The van der Waals surface area contributed by atoms with E-state index in [0.29, 0.717) is 28.4 Å². The van der Waals surface area contributed by atoms with E-state index in [9.17, 15) is 9.59 Å². The summed E-state index contributed by atoms with van der Waals surface area (Å²) < 4.78 is 7.59. The van der Waals surface area contributed by atoms with Crippen molar-refractivity contribution in [1.82, 2.24) is 10.3 Å². The highest BCUT2D eigenvalue weighted by molar-refractivity contribution is 9.10. The number of fused-ring (bicyclic) bond motifs is 1. The van der Waals surface area contributed by atoms with Gasteiger partial charge in [0, 0.05) is 39.0 Å². The largest absolute Gasteiger partial charge is 0.496 e. The van der Waals surface area contributed by atoms with E-state index < -0.39 is 5.92 Å². The SMILES string of the molecule is COc1ccccc1[C@H]1C(C(=O)Nc2nc3ccc(Br)cc3s2)=C(C)NC2=C1C(=O)CC(C)(C)C2. The summed E-state index contributed by atoms with van der Waals surface area (Å²) in [6, 6.07) is 13.4. The van der Waals surface area contributed by atoms with Crippen molar-refractivity contribution < 1.29 is 14.3 Å².